The summed E-state index contributed by atoms with van der Waals surface area (Å²) < 4.78 is 13.8. The molecule has 0 spiro atoms. The van der Waals surface area contributed by atoms with Gasteiger partial charge in [-0.2, -0.15) is 0 Å². The summed E-state index contributed by atoms with van der Waals surface area (Å²) in [5.74, 6) is -0.704. The van der Waals surface area contributed by atoms with Gasteiger partial charge in [-0.25, -0.2) is 9.38 Å². The molecule has 196 valence electrons. The number of aromatic nitrogens is 1. The van der Waals surface area contributed by atoms with E-state index in [9.17, 15) is 14.3 Å². The van der Waals surface area contributed by atoms with Crippen LogP contribution in [0.25, 0.3) is 10.9 Å². The summed E-state index contributed by atoms with van der Waals surface area (Å²) in [4.78, 5) is 22.5. The number of carbonyl (C=O) groups is 1. The summed E-state index contributed by atoms with van der Waals surface area (Å²) in [5.41, 5.74) is 9.92. The normalized spacial score (nSPS) is 13.3. The molecule has 1 heterocycles. The SMILES string of the molecule is CN(C(=O)C(C)(N)Cc1ccccc1)c1ccc(N=C(c2ccccc2)c2c(O)[nH]c3cc(F)ccc23)cc1. The highest BCUT2D eigenvalue weighted by Gasteiger charge is 2.32. The molecular formula is C32H29FN4O2. The molecule has 6 nitrogen and oxygen atoms in total. The minimum absolute atomic E-state index is 0.0965. The van der Waals surface area contributed by atoms with Crippen LogP contribution < -0.4 is 10.6 Å². The second-order valence-electron chi connectivity index (χ2n) is 9.83. The van der Waals surface area contributed by atoms with Crippen LogP contribution in [-0.2, 0) is 11.2 Å². The van der Waals surface area contributed by atoms with E-state index in [1.54, 1.807) is 37.1 Å². The molecule has 0 aliphatic heterocycles. The number of likely N-dealkylation sites (N-methyl/N-ethyl adjacent to an activating group) is 1. The van der Waals surface area contributed by atoms with Crippen molar-refractivity contribution in [3.8, 4) is 5.88 Å². The lowest BCUT2D eigenvalue weighted by Crippen LogP contribution is -2.53. The second kappa shape index (κ2) is 10.6. The molecule has 4 N–H and O–H groups in total. The van der Waals surface area contributed by atoms with Crippen LogP contribution in [0.3, 0.4) is 0 Å². The van der Waals surface area contributed by atoms with Gasteiger partial charge in [0, 0.05) is 23.7 Å². The highest BCUT2D eigenvalue weighted by atomic mass is 19.1. The van der Waals surface area contributed by atoms with Crippen LogP contribution >= 0.6 is 0 Å². The summed E-state index contributed by atoms with van der Waals surface area (Å²) in [6, 6.07) is 30.7. The zero-order chi connectivity index (χ0) is 27.6. The number of rotatable bonds is 7. The number of aromatic amines is 1. The van der Waals surface area contributed by atoms with E-state index in [4.69, 9.17) is 10.7 Å². The molecular weight excluding hydrogens is 491 g/mol. The van der Waals surface area contributed by atoms with Gasteiger partial charge in [-0.1, -0.05) is 60.7 Å². The molecule has 0 aliphatic carbocycles. The summed E-state index contributed by atoms with van der Waals surface area (Å²) in [5, 5.41) is 11.4. The van der Waals surface area contributed by atoms with E-state index in [1.165, 1.54) is 12.1 Å². The first-order valence-electron chi connectivity index (χ1n) is 12.6. The number of amides is 1. The third kappa shape index (κ3) is 5.44. The predicted octanol–water partition coefficient (Wildman–Crippen LogP) is 6.10. The average molecular weight is 521 g/mol. The third-order valence-corrected chi connectivity index (χ3v) is 6.71. The smallest absolute Gasteiger partial charge is 0.246 e. The number of carbonyl (C=O) groups excluding carboxylic acids is 1. The fourth-order valence-electron chi connectivity index (χ4n) is 4.73. The Balaban J connectivity index is 1.47. The van der Waals surface area contributed by atoms with Gasteiger partial charge < -0.3 is 20.7 Å². The topological polar surface area (TPSA) is 94.7 Å². The minimum atomic E-state index is -1.08. The van der Waals surface area contributed by atoms with E-state index in [-0.39, 0.29) is 11.8 Å². The fraction of sp³-hybridized carbons (Fsp3) is 0.125. The molecule has 0 saturated heterocycles. The molecule has 1 aromatic heterocycles. The van der Waals surface area contributed by atoms with Gasteiger partial charge in [0.1, 0.15) is 5.82 Å². The molecule has 0 bridgehead atoms. The third-order valence-electron chi connectivity index (χ3n) is 6.71. The Bertz CT molecular complexity index is 1640. The number of aliphatic imine (C=N–C) groups is 1. The fourth-order valence-corrected chi connectivity index (χ4v) is 4.73. The lowest BCUT2D eigenvalue weighted by Gasteiger charge is -2.29. The molecule has 0 radical (unpaired) electrons. The number of H-pyrrole nitrogens is 1. The second-order valence-corrected chi connectivity index (χ2v) is 9.83. The van der Waals surface area contributed by atoms with Crippen molar-refractivity contribution in [1.29, 1.82) is 0 Å². The number of benzene rings is 4. The molecule has 1 unspecified atom stereocenters. The summed E-state index contributed by atoms with van der Waals surface area (Å²) >= 11 is 0. The molecule has 5 aromatic rings. The van der Waals surface area contributed by atoms with Crippen molar-refractivity contribution in [3.05, 3.63) is 126 Å². The Hall–Kier alpha value is -4.75. The molecule has 39 heavy (non-hydrogen) atoms. The number of nitrogens with two attached hydrogens (primary N) is 1. The highest BCUT2D eigenvalue weighted by Crippen LogP contribution is 2.32. The van der Waals surface area contributed by atoms with Crippen LogP contribution in [0.4, 0.5) is 15.8 Å². The summed E-state index contributed by atoms with van der Waals surface area (Å²) in [6.45, 7) is 1.74. The Labute approximate surface area is 226 Å². The maximum Gasteiger partial charge on any atom is 0.246 e. The zero-order valence-electron chi connectivity index (χ0n) is 21.7. The van der Waals surface area contributed by atoms with Crippen LogP contribution in [-0.4, -0.2) is 34.3 Å². The van der Waals surface area contributed by atoms with Gasteiger partial charge >= 0.3 is 0 Å². The Morgan fingerprint density at radius 2 is 1.62 bits per heavy atom. The van der Waals surface area contributed by atoms with Gasteiger partial charge in [0.05, 0.1) is 28.0 Å². The van der Waals surface area contributed by atoms with Crippen molar-refractivity contribution in [1.82, 2.24) is 4.98 Å². The van der Waals surface area contributed by atoms with Crippen molar-refractivity contribution in [3.63, 3.8) is 0 Å². The lowest BCUT2D eigenvalue weighted by atomic mass is 9.92. The predicted molar refractivity (Wildman–Crippen MR) is 154 cm³/mol. The van der Waals surface area contributed by atoms with Gasteiger partial charge in [-0.05, 0) is 61.4 Å². The molecule has 0 aliphatic rings. The Kier molecular flexibility index (Phi) is 7.00. The average Bonchev–Trinajstić information content (AvgIpc) is 3.26. The summed E-state index contributed by atoms with van der Waals surface area (Å²) in [7, 11) is 1.70. The van der Waals surface area contributed by atoms with E-state index < -0.39 is 11.4 Å². The van der Waals surface area contributed by atoms with Crippen molar-refractivity contribution in [2.24, 2.45) is 10.7 Å². The van der Waals surface area contributed by atoms with Crippen molar-refractivity contribution < 1.29 is 14.3 Å². The first-order chi connectivity index (χ1) is 18.7. The number of hydrogen-bond donors (Lipinski definition) is 3. The quantitative estimate of drug-likeness (QED) is 0.226. The first kappa shape index (κ1) is 25.9. The van der Waals surface area contributed by atoms with Gasteiger partial charge in [0.15, 0.2) is 5.88 Å². The van der Waals surface area contributed by atoms with E-state index in [0.717, 1.165) is 11.1 Å². The van der Waals surface area contributed by atoms with Crippen molar-refractivity contribution in [2.75, 3.05) is 11.9 Å². The molecule has 5 rings (SSSR count). The molecule has 1 atom stereocenters. The van der Waals surface area contributed by atoms with E-state index >= 15 is 0 Å². The zero-order valence-corrected chi connectivity index (χ0v) is 21.7. The number of nitrogens with one attached hydrogen (secondary N) is 1. The minimum Gasteiger partial charge on any atom is -0.494 e. The van der Waals surface area contributed by atoms with Crippen LogP contribution in [0, 0.1) is 5.82 Å². The van der Waals surface area contributed by atoms with E-state index in [0.29, 0.717) is 40.0 Å². The largest absolute Gasteiger partial charge is 0.494 e. The number of fused-ring (bicyclic) bond motifs is 1. The number of anilines is 1. The molecule has 4 aromatic carbocycles. The van der Waals surface area contributed by atoms with Gasteiger partial charge in [0.25, 0.3) is 0 Å². The number of halogens is 1. The monoisotopic (exact) mass is 520 g/mol. The van der Waals surface area contributed by atoms with Crippen LogP contribution in [0.15, 0.2) is 108 Å². The van der Waals surface area contributed by atoms with Crippen molar-refractivity contribution >= 4 is 33.9 Å². The van der Waals surface area contributed by atoms with Gasteiger partial charge in [0.2, 0.25) is 5.91 Å². The van der Waals surface area contributed by atoms with Crippen LogP contribution in [0.2, 0.25) is 0 Å². The Morgan fingerprint density at radius 3 is 2.28 bits per heavy atom. The summed E-state index contributed by atoms with van der Waals surface area (Å²) in [6.07, 6.45) is 0.415. The van der Waals surface area contributed by atoms with E-state index in [1.807, 2.05) is 72.8 Å². The molecule has 0 saturated carbocycles. The number of hydrogen-bond acceptors (Lipinski definition) is 4. The van der Waals surface area contributed by atoms with Crippen molar-refractivity contribution in [2.45, 2.75) is 18.9 Å². The van der Waals surface area contributed by atoms with Gasteiger partial charge in [-0.15, -0.1) is 0 Å². The molecule has 7 heteroatoms. The number of nitrogens with zero attached hydrogens (tertiary/aromatic N) is 2. The standard InChI is InChI=1S/C32H29FN4O2/c1-32(34,20-21-9-5-3-6-10-21)31(39)37(2)25-16-14-24(15-17-25)35-29(22-11-7-4-8-12-22)28-26-18-13-23(33)19-27(26)36-30(28)38/h3-19,36,38H,20,34H2,1-2H3. The van der Waals surface area contributed by atoms with Crippen LogP contribution in [0.1, 0.15) is 23.6 Å². The van der Waals surface area contributed by atoms with Crippen LogP contribution in [0.5, 0.6) is 5.88 Å². The Morgan fingerprint density at radius 1 is 0.974 bits per heavy atom. The highest BCUT2D eigenvalue weighted by molar-refractivity contribution is 6.21. The first-order valence-corrected chi connectivity index (χ1v) is 12.6. The van der Waals surface area contributed by atoms with Gasteiger partial charge in [-0.3, -0.25) is 4.79 Å². The molecule has 0 fully saturated rings. The molecule has 1 amide bonds. The van der Waals surface area contributed by atoms with E-state index in [2.05, 4.69) is 4.98 Å². The number of aromatic hydroxyl groups is 1. The maximum absolute atomic E-state index is 13.8. The lowest BCUT2D eigenvalue weighted by molar-refractivity contribution is -0.122. The maximum atomic E-state index is 13.8.